The molecule has 0 unspecified atom stereocenters. The van der Waals surface area contributed by atoms with Crippen LogP contribution in [-0.4, -0.2) is 46.4 Å². The Balaban J connectivity index is 1.29. The highest BCUT2D eigenvalue weighted by atomic mass is 16.5. The summed E-state index contributed by atoms with van der Waals surface area (Å²) in [5.74, 6) is 2.23. The fraction of sp³-hybridized carbons (Fsp3) is 0.333. The van der Waals surface area contributed by atoms with Crippen LogP contribution in [-0.2, 0) is 6.54 Å². The van der Waals surface area contributed by atoms with Crippen molar-refractivity contribution < 1.29 is 9.53 Å². The number of methoxy groups -OCH3 is 1. The van der Waals surface area contributed by atoms with Crippen molar-refractivity contribution in [3.8, 4) is 17.0 Å². The molecule has 4 aromatic rings. The third-order valence-electron chi connectivity index (χ3n) is 6.58. The zero-order chi connectivity index (χ0) is 24.4. The number of hydrogen-bond acceptors (Lipinski definition) is 6. The number of nitrogens with one attached hydrogen (secondary N) is 2. The number of aromatic nitrogens is 4. The Morgan fingerprint density at radius 1 is 1.17 bits per heavy atom. The second-order valence-corrected chi connectivity index (χ2v) is 9.15. The van der Waals surface area contributed by atoms with E-state index in [4.69, 9.17) is 4.74 Å². The second kappa shape index (κ2) is 9.74. The van der Waals surface area contributed by atoms with Crippen LogP contribution in [0.25, 0.3) is 22.2 Å². The molecule has 0 bridgehead atoms. The summed E-state index contributed by atoms with van der Waals surface area (Å²) in [7, 11) is 3.24. The van der Waals surface area contributed by atoms with Gasteiger partial charge in [0.1, 0.15) is 17.9 Å². The van der Waals surface area contributed by atoms with Gasteiger partial charge in [-0.15, -0.1) is 0 Å². The molecule has 2 heterocycles. The summed E-state index contributed by atoms with van der Waals surface area (Å²) in [6.45, 7) is 3.76. The summed E-state index contributed by atoms with van der Waals surface area (Å²) in [4.78, 5) is 20.8. The first-order valence-electron chi connectivity index (χ1n) is 12.0. The van der Waals surface area contributed by atoms with E-state index >= 15 is 0 Å². The molecular weight excluding hydrogens is 440 g/mol. The summed E-state index contributed by atoms with van der Waals surface area (Å²) >= 11 is 0. The Morgan fingerprint density at radius 3 is 2.80 bits per heavy atom. The highest BCUT2D eigenvalue weighted by Gasteiger charge is 2.22. The van der Waals surface area contributed by atoms with E-state index in [1.165, 1.54) is 18.4 Å². The minimum atomic E-state index is -0.136. The van der Waals surface area contributed by atoms with E-state index in [-0.39, 0.29) is 11.8 Å². The van der Waals surface area contributed by atoms with Gasteiger partial charge in [0.25, 0.3) is 5.91 Å². The van der Waals surface area contributed by atoms with E-state index < -0.39 is 0 Å². The van der Waals surface area contributed by atoms with Crippen LogP contribution in [0.1, 0.15) is 41.6 Å². The number of anilines is 1. The van der Waals surface area contributed by atoms with Gasteiger partial charge in [-0.25, -0.2) is 9.97 Å². The quantitative estimate of drug-likeness (QED) is 0.374. The molecule has 8 nitrogen and oxygen atoms in total. The van der Waals surface area contributed by atoms with E-state index in [0.29, 0.717) is 17.9 Å². The topological polar surface area (TPSA) is 94.0 Å². The summed E-state index contributed by atoms with van der Waals surface area (Å²) < 4.78 is 7.66. The molecular formula is C27H30N6O2. The van der Waals surface area contributed by atoms with Crippen molar-refractivity contribution in [2.45, 2.75) is 32.2 Å². The Bertz CT molecular complexity index is 1360. The van der Waals surface area contributed by atoms with Crippen molar-refractivity contribution in [2.24, 2.45) is 5.92 Å². The molecule has 1 saturated carbocycles. The number of rotatable bonds is 9. The SMILES string of the molecule is CNC(=O)c1ccc([C@H](C)CNc2cc(-c3ccc4c(cnn4CC4CC4)c3)ncn2)c(OC)c1. The highest BCUT2D eigenvalue weighted by molar-refractivity contribution is 5.94. The first-order chi connectivity index (χ1) is 17.1. The van der Waals surface area contributed by atoms with E-state index in [2.05, 4.69) is 55.5 Å². The number of amides is 1. The van der Waals surface area contributed by atoms with Gasteiger partial charge in [0, 0.05) is 48.6 Å². The van der Waals surface area contributed by atoms with E-state index in [1.54, 1.807) is 26.6 Å². The lowest BCUT2D eigenvalue weighted by molar-refractivity contribution is 0.0962. The van der Waals surface area contributed by atoms with Crippen molar-refractivity contribution in [2.75, 3.05) is 26.0 Å². The second-order valence-electron chi connectivity index (χ2n) is 9.15. The number of hydrogen-bond donors (Lipinski definition) is 2. The number of nitrogens with zero attached hydrogens (tertiary/aromatic N) is 4. The van der Waals surface area contributed by atoms with Crippen LogP contribution in [0.15, 0.2) is 55.0 Å². The van der Waals surface area contributed by atoms with Crippen LogP contribution in [0.5, 0.6) is 5.75 Å². The molecule has 1 aliphatic carbocycles. The van der Waals surface area contributed by atoms with Crippen LogP contribution < -0.4 is 15.4 Å². The summed E-state index contributed by atoms with van der Waals surface area (Å²) in [5, 5.41) is 11.8. The molecule has 1 aliphatic rings. The Morgan fingerprint density at radius 2 is 2.03 bits per heavy atom. The maximum Gasteiger partial charge on any atom is 0.251 e. The van der Waals surface area contributed by atoms with Gasteiger partial charge >= 0.3 is 0 Å². The van der Waals surface area contributed by atoms with Crippen molar-refractivity contribution >= 4 is 22.6 Å². The first-order valence-corrected chi connectivity index (χ1v) is 12.0. The zero-order valence-corrected chi connectivity index (χ0v) is 20.3. The molecule has 2 N–H and O–H groups in total. The van der Waals surface area contributed by atoms with E-state index in [1.807, 2.05) is 24.4 Å². The molecule has 2 aromatic heterocycles. The van der Waals surface area contributed by atoms with Crippen molar-refractivity contribution in [1.82, 2.24) is 25.1 Å². The average molecular weight is 471 g/mol. The first kappa shape index (κ1) is 22.8. The minimum Gasteiger partial charge on any atom is -0.496 e. The molecule has 2 aromatic carbocycles. The van der Waals surface area contributed by atoms with Crippen molar-refractivity contribution in [3.63, 3.8) is 0 Å². The minimum absolute atomic E-state index is 0.135. The lowest BCUT2D eigenvalue weighted by Gasteiger charge is -2.17. The van der Waals surface area contributed by atoms with Crippen LogP contribution in [0.3, 0.4) is 0 Å². The molecule has 1 atom stereocenters. The van der Waals surface area contributed by atoms with Crippen LogP contribution in [0.2, 0.25) is 0 Å². The van der Waals surface area contributed by atoms with Gasteiger partial charge in [-0.05, 0) is 48.6 Å². The largest absolute Gasteiger partial charge is 0.496 e. The lowest BCUT2D eigenvalue weighted by Crippen LogP contribution is -2.18. The Labute approximate surface area is 204 Å². The van der Waals surface area contributed by atoms with Gasteiger partial charge < -0.3 is 15.4 Å². The highest BCUT2D eigenvalue weighted by Crippen LogP contribution is 2.32. The van der Waals surface area contributed by atoms with Crippen LogP contribution in [0, 0.1) is 5.92 Å². The van der Waals surface area contributed by atoms with E-state index in [0.717, 1.165) is 40.5 Å². The van der Waals surface area contributed by atoms with Gasteiger partial charge in [0.05, 0.1) is 24.5 Å². The fourth-order valence-electron chi connectivity index (χ4n) is 4.32. The molecule has 1 amide bonds. The predicted octanol–water partition coefficient (Wildman–Crippen LogP) is 4.49. The Kier molecular flexibility index (Phi) is 6.35. The van der Waals surface area contributed by atoms with Gasteiger partial charge in [-0.1, -0.05) is 19.1 Å². The summed E-state index contributed by atoms with van der Waals surface area (Å²) in [6, 6.07) is 13.9. The van der Waals surface area contributed by atoms with E-state index in [9.17, 15) is 4.79 Å². The molecule has 35 heavy (non-hydrogen) atoms. The molecule has 0 spiro atoms. The molecule has 180 valence electrons. The monoisotopic (exact) mass is 470 g/mol. The standard InChI is InChI=1S/C27H30N6O2/c1-17(22-8-6-20(27(34)28-2)11-25(22)35-3)13-29-26-12-23(30-16-31-26)19-7-9-24-21(10-19)14-32-33(24)15-18-4-5-18/h6-12,14,16-18H,4-5,13,15H2,1-3H3,(H,28,34)(H,29,30,31)/t17-/m1/s1. The lowest BCUT2D eigenvalue weighted by atomic mass is 9.98. The molecule has 0 saturated heterocycles. The third kappa shape index (κ3) is 4.96. The molecule has 0 radical (unpaired) electrons. The predicted molar refractivity (Wildman–Crippen MR) is 137 cm³/mol. The Hall–Kier alpha value is -3.94. The number of fused-ring (bicyclic) bond motifs is 1. The third-order valence-corrected chi connectivity index (χ3v) is 6.58. The fourth-order valence-corrected chi connectivity index (χ4v) is 4.32. The smallest absolute Gasteiger partial charge is 0.251 e. The van der Waals surface area contributed by atoms with Gasteiger partial charge in [0.2, 0.25) is 0 Å². The number of carbonyl (C=O) groups excluding carboxylic acids is 1. The van der Waals surface area contributed by atoms with Crippen LogP contribution in [0.4, 0.5) is 5.82 Å². The molecule has 8 heteroatoms. The summed E-state index contributed by atoms with van der Waals surface area (Å²) in [5.41, 5.74) is 4.66. The van der Waals surface area contributed by atoms with Gasteiger partial charge in [0.15, 0.2) is 0 Å². The van der Waals surface area contributed by atoms with Gasteiger partial charge in [-0.3, -0.25) is 9.48 Å². The van der Waals surface area contributed by atoms with Crippen molar-refractivity contribution in [3.05, 3.63) is 66.1 Å². The van der Waals surface area contributed by atoms with Crippen LogP contribution >= 0.6 is 0 Å². The maximum absolute atomic E-state index is 11.9. The molecule has 0 aliphatic heterocycles. The summed E-state index contributed by atoms with van der Waals surface area (Å²) in [6.07, 6.45) is 6.14. The number of ether oxygens (including phenoxy) is 1. The number of carbonyl (C=O) groups is 1. The van der Waals surface area contributed by atoms with Gasteiger partial charge in [-0.2, -0.15) is 5.10 Å². The zero-order valence-electron chi connectivity index (χ0n) is 20.3. The normalized spacial score (nSPS) is 14.0. The maximum atomic E-state index is 11.9. The molecule has 1 fully saturated rings. The van der Waals surface area contributed by atoms with Crippen molar-refractivity contribution in [1.29, 1.82) is 0 Å². The number of benzene rings is 2. The molecule has 5 rings (SSSR count). The average Bonchev–Trinajstić information content (AvgIpc) is 3.64.